The fraction of sp³-hybridized carbons (Fsp3) is 0.357. The summed E-state index contributed by atoms with van der Waals surface area (Å²) in [5, 5.41) is 9.01. The molecule has 0 saturated heterocycles. The molecule has 1 aliphatic heterocycles. The van der Waals surface area contributed by atoms with Gasteiger partial charge in [-0.2, -0.15) is 0 Å². The molecule has 1 aliphatic rings. The van der Waals surface area contributed by atoms with Crippen LogP contribution in [0.1, 0.15) is 62.3 Å². The first kappa shape index (κ1) is 38.8. The van der Waals surface area contributed by atoms with Crippen molar-refractivity contribution >= 4 is 17.8 Å². The topological polar surface area (TPSA) is 137 Å². The van der Waals surface area contributed by atoms with Crippen LogP contribution in [0.2, 0.25) is 0 Å². The molecule has 11 heteroatoms. The summed E-state index contributed by atoms with van der Waals surface area (Å²) in [4.78, 5) is 31.2. The number of amides is 1. The Morgan fingerprint density at radius 3 is 2.13 bits per heavy atom. The Labute approximate surface area is 311 Å². The number of aliphatic imine (C=N–C) groups is 1. The number of rotatable bonds is 19. The number of nitrogens with zero attached hydrogens (tertiary/aromatic N) is 1. The molecule has 0 bridgehead atoms. The van der Waals surface area contributed by atoms with E-state index in [-0.39, 0.29) is 26.1 Å². The number of nitrogens with one attached hydrogen (secondary N) is 2. The van der Waals surface area contributed by atoms with E-state index in [2.05, 4.69) is 10.9 Å². The minimum Gasteiger partial charge on any atom is -0.494 e. The number of hydrogen-bond acceptors (Lipinski definition) is 10. The zero-order valence-electron chi connectivity index (χ0n) is 30.6. The molecule has 280 valence electrons. The van der Waals surface area contributed by atoms with Crippen molar-refractivity contribution in [1.29, 1.82) is 0 Å². The molecule has 0 fully saturated rings. The van der Waals surface area contributed by atoms with E-state index in [1.165, 1.54) is 0 Å². The second-order valence-electron chi connectivity index (χ2n) is 13.7. The van der Waals surface area contributed by atoms with Crippen LogP contribution in [-0.4, -0.2) is 60.4 Å². The molecule has 53 heavy (non-hydrogen) atoms. The summed E-state index contributed by atoms with van der Waals surface area (Å²) in [5.41, 5.74) is 7.57. The largest absolute Gasteiger partial charge is 0.494 e. The molecular formula is C42H49N3O8. The lowest BCUT2D eigenvalue weighted by Crippen LogP contribution is -2.52. The summed E-state index contributed by atoms with van der Waals surface area (Å²) in [6, 6.07) is 32.9. The highest BCUT2D eigenvalue weighted by molar-refractivity contribution is 6.00. The third kappa shape index (κ3) is 12.1. The summed E-state index contributed by atoms with van der Waals surface area (Å²) >= 11 is 0. The lowest BCUT2D eigenvalue weighted by atomic mass is 9.94. The van der Waals surface area contributed by atoms with E-state index >= 15 is 0 Å². The maximum atomic E-state index is 13.8. The molecule has 1 heterocycles. The highest BCUT2D eigenvalue weighted by atomic mass is 16.6. The third-order valence-corrected chi connectivity index (χ3v) is 8.24. The molecule has 0 aromatic heterocycles. The van der Waals surface area contributed by atoms with Crippen molar-refractivity contribution in [2.45, 2.75) is 70.8 Å². The van der Waals surface area contributed by atoms with E-state index in [1.807, 2.05) is 78.9 Å². The number of hydrazine groups is 1. The number of esters is 1. The molecule has 5 rings (SSSR count). The molecular weight excluding hydrogens is 674 g/mol. The second kappa shape index (κ2) is 18.9. The fourth-order valence-electron chi connectivity index (χ4n) is 5.48. The van der Waals surface area contributed by atoms with Gasteiger partial charge in [-0.05, 0) is 86.7 Å². The molecule has 0 radical (unpaired) electrons. The normalized spacial score (nSPS) is 15.2. The number of carbonyl (C=O) groups is 2. The molecule has 11 nitrogen and oxygen atoms in total. The summed E-state index contributed by atoms with van der Waals surface area (Å²) < 4.78 is 29.5. The Bertz CT molecular complexity index is 1790. The zero-order valence-corrected chi connectivity index (χ0v) is 30.6. The predicted molar refractivity (Wildman–Crippen MR) is 202 cm³/mol. The molecule has 0 aliphatic carbocycles. The van der Waals surface area contributed by atoms with Crippen LogP contribution in [0.15, 0.2) is 108 Å². The van der Waals surface area contributed by atoms with Gasteiger partial charge in [-0.3, -0.25) is 15.0 Å². The number of ether oxygens (including phenoxy) is 5. The molecule has 4 aromatic carbocycles. The van der Waals surface area contributed by atoms with E-state index in [4.69, 9.17) is 33.8 Å². The zero-order chi connectivity index (χ0) is 37.5. The van der Waals surface area contributed by atoms with Crippen LogP contribution in [-0.2, 0) is 38.7 Å². The van der Waals surface area contributed by atoms with Gasteiger partial charge in [0.2, 0.25) is 5.90 Å². The minimum absolute atomic E-state index is 0.0209. The maximum Gasteiger partial charge on any atom is 0.306 e. The second-order valence-corrected chi connectivity index (χ2v) is 13.7. The smallest absolute Gasteiger partial charge is 0.306 e. The number of aliphatic hydroxyl groups excluding tert-OH is 1. The summed E-state index contributed by atoms with van der Waals surface area (Å²) in [7, 11) is 0. The van der Waals surface area contributed by atoms with Crippen molar-refractivity contribution in [3.63, 3.8) is 0 Å². The molecule has 3 N–H and O–H groups in total. The van der Waals surface area contributed by atoms with Gasteiger partial charge in [0.1, 0.15) is 31.2 Å². The quantitative estimate of drug-likeness (QED) is 0.0595. The summed E-state index contributed by atoms with van der Waals surface area (Å²) in [6.07, 6.45) is 1.17. The van der Waals surface area contributed by atoms with Gasteiger partial charge in [-0.1, -0.05) is 66.7 Å². The van der Waals surface area contributed by atoms with Crippen LogP contribution in [0.4, 0.5) is 0 Å². The van der Waals surface area contributed by atoms with Crippen LogP contribution in [0.5, 0.6) is 17.2 Å². The van der Waals surface area contributed by atoms with E-state index < -0.39 is 23.0 Å². The Morgan fingerprint density at radius 1 is 0.830 bits per heavy atom. The van der Waals surface area contributed by atoms with Crippen molar-refractivity contribution in [2.75, 3.05) is 26.4 Å². The maximum absolute atomic E-state index is 13.8. The van der Waals surface area contributed by atoms with E-state index in [9.17, 15) is 9.59 Å². The lowest BCUT2D eigenvalue weighted by molar-refractivity contribution is -0.155. The van der Waals surface area contributed by atoms with Crippen molar-refractivity contribution in [3.8, 4) is 17.2 Å². The highest BCUT2D eigenvalue weighted by Gasteiger charge is 2.45. The van der Waals surface area contributed by atoms with Gasteiger partial charge in [-0.15, -0.1) is 0 Å². The first-order chi connectivity index (χ1) is 25.6. The molecule has 0 spiro atoms. The van der Waals surface area contributed by atoms with Gasteiger partial charge in [0, 0.05) is 31.6 Å². The molecule has 4 aromatic rings. The summed E-state index contributed by atoms with van der Waals surface area (Å²) in [5.74, 6) is 1.36. The van der Waals surface area contributed by atoms with Gasteiger partial charge in [0.05, 0.1) is 6.61 Å². The SMILES string of the molecule is CC(C)(C)OC(=O)CC[C@@]1(C(=O)NNCCc2ccc(OCc3ccccc3)c(OCc3ccccc3)c2)COC(c2ccc(OCCCO)cc2)=N1. The minimum atomic E-state index is -1.36. The molecule has 0 saturated carbocycles. The number of aliphatic hydroxyl groups is 1. The van der Waals surface area contributed by atoms with Gasteiger partial charge < -0.3 is 28.8 Å². The van der Waals surface area contributed by atoms with Crippen LogP contribution in [0.3, 0.4) is 0 Å². The monoisotopic (exact) mass is 723 g/mol. The Hall–Kier alpha value is -5.39. The van der Waals surface area contributed by atoms with Gasteiger partial charge in [0.15, 0.2) is 17.0 Å². The first-order valence-electron chi connectivity index (χ1n) is 17.9. The molecule has 1 amide bonds. The van der Waals surface area contributed by atoms with Crippen molar-refractivity contribution in [3.05, 3.63) is 125 Å². The third-order valence-electron chi connectivity index (χ3n) is 8.24. The van der Waals surface area contributed by atoms with Crippen molar-refractivity contribution in [2.24, 2.45) is 4.99 Å². The van der Waals surface area contributed by atoms with Crippen molar-refractivity contribution < 1.29 is 38.4 Å². The van der Waals surface area contributed by atoms with Crippen LogP contribution >= 0.6 is 0 Å². The van der Waals surface area contributed by atoms with Gasteiger partial charge >= 0.3 is 5.97 Å². The Kier molecular flexibility index (Phi) is 13.9. The van der Waals surface area contributed by atoms with E-state index in [0.717, 1.165) is 16.7 Å². The summed E-state index contributed by atoms with van der Waals surface area (Å²) in [6.45, 7) is 7.00. The average molecular weight is 724 g/mol. The molecule has 1 atom stereocenters. The van der Waals surface area contributed by atoms with E-state index in [1.54, 1.807) is 45.0 Å². The van der Waals surface area contributed by atoms with Crippen LogP contribution in [0, 0.1) is 0 Å². The Balaban J connectivity index is 1.23. The molecule has 0 unspecified atom stereocenters. The van der Waals surface area contributed by atoms with Gasteiger partial charge in [-0.25, -0.2) is 10.4 Å². The number of carbonyl (C=O) groups excluding carboxylic acids is 2. The van der Waals surface area contributed by atoms with Crippen LogP contribution < -0.4 is 25.1 Å². The fourth-order valence-corrected chi connectivity index (χ4v) is 5.48. The lowest BCUT2D eigenvalue weighted by Gasteiger charge is -2.24. The standard InChI is InChI=1S/C42H49N3O8/c1-41(2,3)53-38(47)21-23-42(30-52-39(44-42)34-16-18-35(19-17-34)49-26-10-25-46)40(48)45-43-24-22-31-15-20-36(50-28-32-11-6-4-7-12-32)37(27-31)51-29-33-13-8-5-9-14-33/h4-9,11-20,27,43,46H,10,21-26,28-30H2,1-3H3,(H,45,48)/t42-/m0/s1. The van der Waals surface area contributed by atoms with E-state index in [0.29, 0.717) is 67.9 Å². The average Bonchev–Trinajstić information content (AvgIpc) is 3.61. The highest BCUT2D eigenvalue weighted by Crippen LogP contribution is 2.31. The Morgan fingerprint density at radius 2 is 1.49 bits per heavy atom. The predicted octanol–water partition coefficient (Wildman–Crippen LogP) is 6.11. The van der Waals surface area contributed by atoms with Gasteiger partial charge in [0.25, 0.3) is 5.91 Å². The first-order valence-corrected chi connectivity index (χ1v) is 17.9. The van der Waals surface area contributed by atoms with Crippen LogP contribution in [0.25, 0.3) is 0 Å². The van der Waals surface area contributed by atoms with Crippen molar-refractivity contribution in [1.82, 2.24) is 10.9 Å². The number of hydrogen-bond donors (Lipinski definition) is 3. The number of benzene rings is 4.